The Morgan fingerprint density at radius 1 is 1.07 bits per heavy atom. The molecule has 0 unspecified atom stereocenters. The average Bonchev–Trinajstić information content (AvgIpc) is 2.64. The first kappa shape index (κ1) is 21.2. The molecule has 15 heteroatoms. The lowest BCUT2D eigenvalue weighted by Gasteiger charge is -2.00. The molecule has 0 fully saturated rings. The quantitative estimate of drug-likeness (QED) is 0.151. The van der Waals surface area contributed by atoms with Gasteiger partial charge in [0, 0.05) is 24.5 Å². The van der Waals surface area contributed by atoms with Crippen molar-refractivity contribution in [3.05, 3.63) is 45.6 Å². The van der Waals surface area contributed by atoms with Crippen LogP contribution < -0.4 is 22.4 Å². The number of nitrogen functional groups attached to an aromatic ring is 2. The Labute approximate surface area is 151 Å². The van der Waals surface area contributed by atoms with Crippen molar-refractivity contribution in [3.63, 3.8) is 0 Å². The summed E-state index contributed by atoms with van der Waals surface area (Å²) in [5.41, 5.74) is 11.0. The van der Waals surface area contributed by atoms with E-state index < -0.39 is 5.09 Å². The van der Waals surface area contributed by atoms with Crippen LogP contribution in [0.15, 0.2) is 34.5 Å². The Morgan fingerprint density at radius 3 is 2.00 bits per heavy atom. The summed E-state index contributed by atoms with van der Waals surface area (Å²) in [7, 11) is 0. The number of hydrogen-bond acceptors (Lipinski definition) is 12. The van der Waals surface area contributed by atoms with Crippen LogP contribution in [0, 0.1) is 10.1 Å². The van der Waals surface area contributed by atoms with E-state index in [9.17, 15) is 20.5 Å². The van der Waals surface area contributed by atoms with E-state index in [2.05, 4.69) is 24.8 Å². The number of nitrogens with zero attached hydrogens (tertiary/aromatic N) is 7. The molecule has 15 nitrogen and oxygen atoms in total. The predicted octanol–water partition coefficient (Wildman–Crippen LogP) is -2.59. The zero-order chi connectivity index (χ0) is 20.2. The number of aliphatic hydroxyl groups is 1. The lowest BCUT2D eigenvalue weighted by Crippen LogP contribution is -2.23. The van der Waals surface area contributed by atoms with Gasteiger partial charge in [-0.15, -0.1) is 19.6 Å². The first-order valence-electron chi connectivity index (χ1n) is 7.31. The van der Waals surface area contributed by atoms with E-state index in [1.165, 1.54) is 24.5 Å². The van der Waals surface area contributed by atoms with Crippen LogP contribution in [-0.2, 0) is 4.84 Å². The molecule has 148 valence electrons. The number of hydrogen-bond donors (Lipinski definition) is 5. The van der Waals surface area contributed by atoms with E-state index in [1.807, 2.05) is 0 Å². The normalized spacial score (nSPS) is 11.6. The summed E-state index contributed by atoms with van der Waals surface area (Å²) >= 11 is 0. The van der Waals surface area contributed by atoms with E-state index in [0.717, 1.165) is 0 Å². The van der Waals surface area contributed by atoms with Gasteiger partial charge in [-0.25, -0.2) is 9.97 Å². The minimum atomic E-state index is -0.913. The van der Waals surface area contributed by atoms with Crippen molar-refractivity contribution < 1.29 is 25.4 Å². The maximum absolute atomic E-state index is 9.79. The molecular formula is C12H19N9O6. The molecular weight excluding hydrogens is 366 g/mol. The fraction of sp³-hybridized carbons (Fsp3) is 0.333. The molecule has 2 aromatic heterocycles. The maximum Gasteiger partial charge on any atom is 0.294 e. The Kier molecular flexibility index (Phi) is 8.52. The number of aliphatic hydroxyl groups excluding tert-OH is 1. The summed E-state index contributed by atoms with van der Waals surface area (Å²) in [5.74, 6) is -0.152. The second-order valence-corrected chi connectivity index (χ2v) is 4.49. The van der Waals surface area contributed by atoms with Crippen LogP contribution in [0.2, 0.25) is 0 Å². The molecule has 2 rings (SSSR count). The molecule has 0 atom stereocenters. The van der Waals surface area contributed by atoms with Gasteiger partial charge in [0.05, 0.1) is 19.7 Å². The fourth-order valence-electron chi connectivity index (χ4n) is 1.53. The summed E-state index contributed by atoms with van der Waals surface area (Å²) < 4.78 is 1.24. The van der Waals surface area contributed by atoms with Gasteiger partial charge in [0.1, 0.15) is 6.61 Å². The second-order valence-electron chi connectivity index (χ2n) is 4.49. The fourth-order valence-corrected chi connectivity index (χ4v) is 1.53. The van der Waals surface area contributed by atoms with E-state index in [4.69, 9.17) is 16.6 Å². The lowest BCUT2D eigenvalue weighted by atomic mass is 10.6. The van der Waals surface area contributed by atoms with E-state index >= 15 is 0 Å². The molecule has 0 aliphatic rings. The van der Waals surface area contributed by atoms with Gasteiger partial charge in [0.2, 0.25) is 11.9 Å². The topological polar surface area (TPSA) is 225 Å². The Hall–Kier alpha value is -3.88. The van der Waals surface area contributed by atoms with Crippen molar-refractivity contribution >= 4 is 11.9 Å². The molecule has 2 aromatic rings. The monoisotopic (exact) mass is 385 g/mol. The SMILES string of the molecule is Nc1nccc(=NCCO)n1O.Nc1nccc(=NCCO[N+](=O)[O-])n1O. The largest absolute Gasteiger partial charge is 0.423 e. The second kappa shape index (κ2) is 10.9. The first-order chi connectivity index (χ1) is 12.9. The number of anilines is 2. The number of nitrogens with two attached hydrogens (primary N) is 2. The van der Waals surface area contributed by atoms with Gasteiger partial charge in [-0.3, -0.25) is 9.98 Å². The Morgan fingerprint density at radius 2 is 1.56 bits per heavy atom. The predicted molar refractivity (Wildman–Crippen MR) is 88.5 cm³/mol. The molecule has 0 aliphatic carbocycles. The molecule has 2 heterocycles. The van der Waals surface area contributed by atoms with Gasteiger partial charge in [-0.05, 0) is 0 Å². The molecule has 0 aliphatic heterocycles. The summed E-state index contributed by atoms with van der Waals surface area (Å²) in [6.45, 7) is 0.00641. The minimum Gasteiger partial charge on any atom is -0.423 e. The third-order valence-corrected chi connectivity index (χ3v) is 2.66. The highest BCUT2D eigenvalue weighted by molar-refractivity contribution is 5.13. The Balaban J connectivity index is 0.000000277. The van der Waals surface area contributed by atoms with Gasteiger partial charge in [-0.2, -0.15) is 0 Å². The van der Waals surface area contributed by atoms with E-state index in [-0.39, 0.29) is 49.2 Å². The number of aromatic nitrogens is 4. The maximum atomic E-state index is 9.79. The average molecular weight is 385 g/mol. The summed E-state index contributed by atoms with van der Waals surface area (Å²) in [6.07, 6.45) is 2.79. The highest BCUT2D eigenvalue weighted by Crippen LogP contribution is 1.86. The number of rotatable bonds is 6. The summed E-state index contributed by atoms with van der Waals surface area (Å²) in [6, 6.07) is 2.90. The van der Waals surface area contributed by atoms with Crippen LogP contribution in [0.25, 0.3) is 0 Å². The van der Waals surface area contributed by atoms with Crippen molar-refractivity contribution in [3.8, 4) is 0 Å². The van der Waals surface area contributed by atoms with Gasteiger partial charge in [-0.1, -0.05) is 0 Å². The molecule has 7 N–H and O–H groups in total. The zero-order valence-electron chi connectivity index (χ0n) is 14.0. The molecule has 0 radical (unpaired) electrons. The van der Waals surface area contributed by atoms with Gasteiger partial charge >= 0.3 is 0 Å². The molecule has 27 heavy (non-hydrogen) atoms. The summed E-state index contributed by atoms with van der Waals surface area (Å²) in [5, 5.41) is 35.8. The molecule has 0 spiro atoms. The van der Waals surface area contributed by atoms with E-state index in [1.54, 1.807) is 0 Å². The standard InChI is InChI=1S/C6H9N5O4.C6H10N4O2/c7-6-9-2-1-5(10(6)12)8-3-4-15-11(13)14;7-6-9-2-1-5(10(6)12)8-3-4-11/h1-2,12H,3-4H2,(H2,7,9);1-2,11-12H,3-4H2,(H2,7,9). The third-order valence-electron chi connectivity index (χ3n) is 2.66. The molecule has 0 saturated heterocycles. The van der Waals surface area contributed by atoms with Crippen molar-refractivity contribution in [2.75, 3.05) is 37.8 Å². The first-order valence-corrected chi connectivity index (χ1v) is 7.31. The highest BCUT2D eigenvalue weighted by Gasteiger charge is 1.96. The van der Waals surface area contributed by atoms with Gasteiger partial charge in [0.25, 0.3) is 5.09 Å². The molecule has 0 aromatic carbocycles. The zero-order valence-corrected chi connectivity index (χ0v) is 14.0. The van der Waals surface area contributed by atoms with Gasteiger partial charge < -0.3 is 31.8 Å². The van der Waals surface area contributed by atoms with Crippen LogP contribution in [0.5, 0.6) is 0 Å². The molecule has 0 amide bonds. The van der Waals surface area contributed by atoms with Crippen molar-refractivity contribution in [1.29, 1.82) is 0 Å². The molecule has 0 bridgehead atoms. The Bertz CT molecular complexity index is 878. The molecule has 0 saturated carbocycles. The van der Waals surface area contributed by atoms with E-state index in [0.29, 0.717) is 9.46 Å². The van der Waals surface area contributed by atoms with Gasteiger partial charge in [0.15, 0.2) is 11.0 Å². The van der Waals surface area contributed by atoms with Crippen LogP contribution in [-0.4, -0.2) is 66.3 Å². The van der Waals surface area contributed by atoms with Crippen LogP contribution in [0.4, 0.5) is 11.9 Å². The van der Waals surface area contributed by atoms with Crippen molar-refractivity contribution in [2.45, 2.75) is 0 Å². The van der Waals surface area contributed by atoms with Crippen LogP contribution >= 0.6 is 0 Å². The highest BCUT2D eigenvalue weighted by atomic mass is 16.9. The lowest BCUT2D eigenvalue weighted by molar-refractivity contribution is -0.757. The smallest absolute Gasteiger partial charge is 0.294 e. The van der Waals surface area contributed by atoms with Crippen LogP contribution in [0.1, 0.15) is 0 Å². The van der Waals surface area contributed by atoms with Crippen LogP contribution in [0.3, 0.4) is 0 Å². The van der Waals surface area contributed by atoms with Crippen molar-refractivity contribution in [2.24, 2.45) is 9.98 Å². The minimum absolute atomic E-state index is 0.0327. The summed E-state index contributed by atoms with van der Waals surface area (Å²) in [4.78, 5) is 28.6. The third kappa shape index (κ3) is 7.26. The van der Waals surface area contributed by atoms with Crippen molar-refractivity contribution in [1.82, 2.24) is 19.4 Å².